The summed E-state index contributed by atoms with van der Waals surface area (Å²) in [6.07, 6.45) is -0.153. The first-order chi connectivity index (χ1) is 8.91. The molecule has 2 atom stereocenters. The Morgan fingerprint density at radius 2 is 1.74 bits per heavy atom. The predicted octanol–water partition coefficient (Wildman–Crippen LogP) is 3.93. The second-order valence-corrected chi connectivity index (χ2v) is 5.66. The molecular formula is C16H26FNO. The van der Waals surface area contributed by atoms with E-state index in [4.69, 9.17) is 4.74 Å². The highest BCUT2D eigenvalue weighted by atomic mass is 19.1. The van der Waals surface area contributed by atoms with Crippen molar-refractivity contribution in [2.24, 2.45) is 5.92 Å². The van der Waals surface area contributed by atoms with Crippen LogP contribution in [0.2, 0.25) is 0 Å². The van der Waals surface area contributed by atoms with Crippen molar-refractivity contribution >= 4 is 0 Å². The summed E-state index contributed by atoms with van der Waals surface area (Å²) in [5.74, 6) is 0.210. The van der Waals surface area contributed by atoms with Gasteiger partial charge >= 0.3 is 0 Å². The number of hydrogen-bond donors (Lipinski definition) is 1. The van der Waals surface area contributed by atoms with E-state index in [1.54, 1.807) is 12.1 Å². The van der Waals surface area contributed by atoms with Crippen LogP contribution in [0.15, 0.2) is 24.3 Å². The molecule has 3 heteroatoms. The van der Waals surface area contributed by atoms with E-state index in [9.17, 15) is 4.39 Å². The van der Waals surface area contributed by atoms with Crippen molar-refractivity contribution in [3.63, 3.8) is 0 Å². The van der Waals surface area contributed by atoms with Crippen molar-refractivity contribution in [2.75, 3.05) is 6.54 Å². The van der Waals surface area contributed by atoms with Gasteiger partial charge in [0.25, 0.3) is 0 Å². The molecule has 19 heavy (non-hydrogen) atoms. The molecule has 0 radical (unpaired) electrons. The Hall–Kier alpha value is -0.930. The summed E-state index contributed by atoms with van der Waals surface area (Å²) in [5.41, 5.74) is 0.628. The maximum Gasteiger partial charge on any atom is 0.129 e. The van der Waals surface area contributed by atoms with Crippen LogP contribution in [0, 0.1) is 11.7 Å². The summed E-state index contributed by atoms with van der Waals surface area (Å²) < 4.78 is 19.9. The van der Waals surface area contributed by atoms with Crippen molar-refractivity contribution in [1.82, 2.24) is 5.32 Å². The van der Waals surface area contributed by atoms with E-state index in [0.29, 0.717) is 24.1 Å². The molecule has 0 saturated heterocycles. The molecule has 1 N–H and O–H groups in total. The summed E-state index contributed by atoms with van der Waals surface area (Å²) in [7, 11) is 0. The van der Waals surface area contributed by atoms with Gasteiger partial charge < -0.3 is 10.1 Å². The number of ether oxygens (including phenoxy) is 1. The van der Waals surface area contributed by atoms with Crippen molar-refractivity contribution in [2.45, 2.75) is 52.9 Å². The number of halogens is 1. The minimum atomic E-state index is -0.249. The van der Waals surface area contributed by atoms with Crippen LogP contribution in [-0.4, -0.2) is 18.7 Å². The Morgan fingerprint density at radius 3 is 2.26 bits per heavy atom. The van der Waals surface area contributed by atoms with Crippen LogP contribution >= 0.6 is 0 Å². The molecule has 0 amide bonds. The molecule has 0 aliphatic carbocycles. The van der Waals surface area contributed by atoms with Crippen molar-refractivity contribution in [3.05, 3.63) is 35.6 Å². The van der Waals surface area contributed by atoms with E-state index in [0.717, 1.165) is 0 Å². The second-order valence-electron chi connectivity index (χ2n) is 5.66. The average molecular weight is 267 g/mol. The minimum absolute atomic E-state index is 0.0959. The lowest BCUT2D eigenvalue weighted by atomic mass is 10.1. The topological polar surface area (TPSA) is 21.3 Å². The van der Waals surface area contributed by atoms with Crippen LogP contribution < -0.4 is 5.32 Å². The highest BCUT2D eigenvalue weighted by Crippen LogP contribution is 2.23. The van der Waals surface area contributed by atoms with E-state index in [1.807, 2.05) is 13.0 Å². The second kappa shape index (κ2) is 7.61. The third-order valence-electron chi connectivity index (χ3n) is 3.28. The van der Waals surface area contributed by atoms with E-state index in [-0.39, 0.29) is 18.0 Å². The SMILES string of the molecule is CC(C)NCC(OC(C)C(C)C)c1ccccc1F. The first-order valence-corrected chi connectivity index (χ1v) is 7.05. The van der Waals surface area contributed by atoms with Crippen LogP contribution in [0.3, 0.4) is 0 Å². The van der Waals surface area contributed by atoms with Crippen molar-refractivity contribution < 1.29 is 9.13 Å². The van der Waals surface area contributed by atoms with Gasteiger partial charge in [0.2, 0.25) is 0 Å². The van der Waals surface area contributed by atoms with Gasteiger partial charge in [0, 0.05) is 18.2 Å². The Balaban J connectivity index is 2.83. The van der Waals surface area contributed by atoms with Gasteiger partial charge in [0.05, 0.1) is 12.2 Å². The molecule has 2 unspecified atom stereocenters. The van der Waals surface area contributed by atoms with Crippen LogP contribution in [0.5, 0.6) is 0 Å². The van der Waals surface area contributed by atoms with E-state index in [1.165, 1.54) is 6.07 Å². The van der Waals surface area contributed by atoms with Gasteiger partial charge in [-0.15, -0.1) is 0 Å². The fourth-order valence-electron chi connectivity index (χ4n) is 1.73. The highest BCUT2D eigenvalue weighted by Gasteiger charge is 2.20. The standard InChI is InChI=1S/C16H26FNO/c1-11(2)13(5)19-16(10-18-12(3)4)14-8-6-7-9-15(14)17/h6-9,11-13,16,18H,10H2,1-5H3. The number of nitrogens with one attached hydrogen (secondary N) is 1. The van der Waals surface area contributed by atoms with Crippen LogP contribution in [0.25, 0.3) is 0 Å². The van der Waals surface area contributed by atoms with Crippen LogP contribution in [0.1, 0.15) is 46.3 Å². The van der Waals surface area contributed by atoms with Crippen LogP contribution in [0.4, 0.5) is 4.39 Å². The third-order valence-corrected chi connectivity index (χ3v) is 3.28. The Bertz CT molecular complexity index is 379. The van der Waals surface area contributed by atoms with Crippen molar-refractivity contribution in [3.8, 4) is 0 Å². The molecule has 0 fully saturated rings. The normalized spacial score (nSPS) is 14.9. The van der Waals surface area contributed by atoms with Gasteiger partial charge in [0.1, 0.15) is 5.82 Å². The molecule has 2 nitrogen and oxygen atoms in total. The zero-order valence-electron chi connectivity index (χ0n) is 12.6. The molecule has 0 spiro atoms. The zero-order chi connectivity index (χ0) is 14.4. The summed E-state index contributed by atoms with van der Waals surface area (Å²) in [6, 6.07) is 7.20. The first kappa shape index (κ1) is 16.1. The van der Waals surface area contributed by atoms with Gasteiger partial charge in [-0.3, -0.25) is 0 Å². The maximum atomic E-state index is 13.9. The van der Waals surface area contributed by atoms with E-state index < -0.39 is 0 Å². The number of benzene rings is 1. The van der Waals surface area contributed by atoms with Crippen LogP contribution in [-0.2, 0) is 4.74 Å². The monoisotopic (exact) mass is 267 g/mol. The molecular weight excluding hydrogens is 241 g/mol. The smallest absolute Gasteiger partial charge is 0.129 e. The summed E-state index contributed by atoms with van der Waals surface area (Å²) in [5, 5.41) is 3.32. The number of hydrogen-bond acceptors (Lipinski definition) is 2. The van der Waals surface area contributed by atoms with Gasteiger partial charge in [-0.25, -0.2) is 4.39 Å². The average Bonchev–Trinajstić information content (AvgIpc) is 2.34. The van der Waals surface area contributed by atoms with Gasteiger partial charge in [-0.2, -0.15) is 0 Å². The van der Waals surface area contributed by atoms with Gasteiger partial charge in [0.15, 0.2) is 0 Å². The van der Waals surface area contributed by atoms with Gasteiger partial charge in [-0.1, -0.05) is 45.9 Å². The lowest BCUT2D eigenvalue weighted by Crippen LogP contribution is -2.32. The Kier molecular flexibility index (Phi) is 6.46. The molecule has 0 saturated carbocycles. The molecule has 108 valence electrons. The van der Waals surface area contributed by atoms with Crippen molar-refractivity contribution in [1.29, 1.82) is 0 Å². The van der Waals surface area contributed by atoms with E-state index >= 15 is 0 Å². The fraction of sp³-hybridized carbons (Fsp3) is 0.625. The van der Waals surface area contributed by atoms with E-state index in [2.05, 4.69) is 33.0 Å². The largest absolute Gasteiger partial charge is 0.369 e. The summed E-state index contributed by atoms with van der Waals surface area (Å²) in [6.45, 7) is 11.0. The number of rotatable bonds is 7. The predicted molar refractivity (Wildman–Crippen MR) is 77.7 cm³/mol. The maximum absolute atomic E-state index is 13.9. The molecule has 0 bridgehead atoms. The lowest BCUT2D eigenvalue weighted by molar-refractivity contribution is -0.0281. The molecule has 0 heterocycles. The Labute approximate surface area is 116 Å². The fourth-order valence-corrected chi connectivity index (χ4v) is 1.73. The quantitative estimate of drug-likeness (QED) is 0.808. The molecule has 0 aliphatic heterocycles. The zero-order valence-corrected chi connectivity index (χ0v) is 12.6. The first-order valence-electron chi connectivity index (χ1n) is 7.05. The summed E-state index contributed by atoms with van der Waals surface area (Å²) >= 11 is 0. The lowest BCUT2D eigenvalue weighted by Gasteiger charge is -2.26. The third kappa shape index (κ3) is 5.29. The Morgan fingerprint density at radius 1 is 1.11 bits per heavy atom. The molecule has 1 aromatic rings. The molecule has 1 aromatic carbocycles. The molecule has 0 aromatic heterocycles. The summed E-state index contributed by atoms with van der Waals surface area (Å²) in [4.78, 5) is 0. The molecule has 1 rings (SSSR count). The minimum Gasteiger partial charge on any atom is -0.369 e. The molecule has 0 aliphatic rings. The highest BCUT2D eigenvalue weighted by molar-refractivity contribution is 5.20. The van der Waals surface area contributed by atoms with Gasteiger partial charge in [-0.05, 0) is 18.9 Å².